The maximum Gasteiger partial charge on any atom is 0.246 e. The van der Waals surface area contributed by atoms with Crippen LogP contribution in [0.1, 0.15) is 36.5 Å². The Bertz CT molecular complexity index is 1130. The molecule has 1 unspecified atom stereocenters. The van der Waals surface area contributed by atoms with Crippen LogP contribution < -0.4 is 5.32 Å². The van der Waals surface area contributed by atoms with Crippen molar-refractivity contribution in [2.24, 2.45) is 0 Å². The second-order valence-corrected chi connectivity index (χ2v) is 9.78. The number of hydrogen-bond acceptors (Lipinski definition) is 4. The van der Waals surface area contributed by atoms with Gasteiger partial charge in [0.25, 0.3) is 0 Å². The van der Waals surface area contributed by atoms with E-state index in [1.807, 2.05) is 17.9 Å². The van der Waals surface area contributed by atoms with E-state index in [2.05, 4.69) is 22.1 Å². The lowest BCUT2D eigenvalue weighted by Gasteiger charge is -2.39. The van der Waals surface area contributed by atoms with E-state index < -0.39 is 5.60 Å². The van der Waals surface area contributed by atoms with Crippen molar-refractivity contribution in [2.45, 2.75) is 38.0 Å². The SMILES string of the molecule is CC1CN(Cc2ccc(F)cc2)CCN1C(=O)C=Cc1ccc(Cl)cc1C#CC1(O)CCNCC1. The van der Waals surface area contributed by atoms with Crippen molar-refractivity contribution in [3.63, 3.8) is 0 Å². The summed E-state index contributed by atoms with van der Waals surface area (Å²) in [6, 6.07) is 12.0. The van der Waals surface area contributed by atoms with Gasteiger partial charge >= 0.3 is 0 Å². The van der Waals surface area contributed by atoms with Crippen molar-refractivity contribution in [3.05, 3.63) is 76.1 Å². The van der Waals surface area contributed by atoms with E-state index in [9.17, 15) is 14.3 Å². The molecule has 0 saturated carbocycles. The number of hydrogen-bond donors (Lipinski definition) is 2. The van der Waals surface area contributed by atoms with Crippen LogP contribution in [0.4, 0.5) is 4.39 Å². The third-order valence-electron chi connectivity index (χ3n) is 6.60. The molecule has 2 aliphatic heterocycles. The summed E-state index contributed by atoms with van der Waals surface area (Å²) in [5.74, 6) is 5.82. The molecular weight excluding hydrogens is 465 g/mol. The minimum absolute atomic E-state index is 0.0511. The van der Waals surface area contributed by atoms with Crippen molar-refractivity contribution in [2.75, 3.05) is 32.7 Å². The van der Waals surface area contributed by atoms with Crippen molar-refractivity contribution in [1.82, 2.24) is 15.1 Å². The maximum absolute atomic E-state index is 13.2. The Hall–Kier alpha value is -2.69. The average Bonchev–Trinajstić information content (AvgIpc) is 2.84. The van der Waals surface area contributed by atoms with Crippen LogP contribution in [0.15, 0.2) is 48.5 Å². The Labute approximate surface area is 211 Å². The van der Waals surface area contributed by atoms with Gasteiger partial charge in [-0.25, -0.2) is 4.39 Å². The molecule has 7 heteroatoms. The zero-order valence-corrected chi connectivity index (χ0v) is 20.7. The van der Waals surface area contributed by atoms with Crippen LogP contribution in [-0.4, -0.2) is 65.2 Å². The first-order valence-electron chi connectivity index (χ1n) is 12.0. The van der Waals surface area contributed by atoms with Gasteiger partial charge < -0.3 is 15.3 Å². The van der Waals surface area contributed by atoms with Crippen LogP contribution in [0.25, 0.3) is 6.08 Å². The molecule has 2 N–H and O–H groups in total. The lowest BCUT2D eigenvalue weighted by atomic mass is 9.92. The first-order valence-corrected chi connectivity index (χ1v) is 12.4. The average molecular weight is 496 g/mol. The summed E-state index contributed by atoms with van der Waals surface area (Å²) in [4.78, 5) is 17.1. The van der Waals surface area contributed by atoms with Crippen LogP contribution in [0.5, 0.6) is 0 Å². The molecule has 5 nitrogen and oxygen atoms in total. The highest BCUT2D eigenvalue weighted by Crippen LogP contribution is 2.21. The molecule has 0 aromatic heterocycles. The van der Waals surface area contributed by atoms with Gasteiger partial charge in [-0.2, -0.15) is 0 Å². The predicted molar refractivity (Wildman–Crippen MR) is 137 cm³/mol. The fraction of sp³-hybridized carbons (Fsp3) is 0.393. The number of piperidine rings is 1. The minimum Gasteiger partial charge on any atom is -0.377 e. The van der Waals surface area contributed by atoms with Crippen LogP contribution in [0, 0.1) is 17.7 Å². The molecule has 2 aromatic carbocycles. The molecule has 4 rings (SSSR count). The molecule has 2 heterocycles. The van der Waals surface area contributed by atoms with Gasteiger partial charge in [0.1, 0.15) is 11.4 Å². The minimum atomic E-state index is -1.01. The molecule has 2 aliphatic rings. The molecular formula is C28H31ClFN3O2. The van der Waals surface area contributed by atoms with Crippen molar-refractivity contribution >= 4 is 23.6 Å². The first kappa shape index (κ1) is 25.4. The van der Waals surface area contributed by atoms with Gasteiger partial charge in [-0.3, -0.25) is 9.69 Å². The van der Waals surface area contributed by atoms with Crippen LogP contribution in [0.2, 0.25) is 5.02 Å². The van der Waals surface area contributed by atoms with E-state index in [1.165, 1.54) is 12.1 Å². The van der Waals surface area contributed by atoms with Crippen LogP contribution >= 0.6 is 11.6 Å². The van der Waals surface area contributed by atoms with Crippen LogP contribution in [0.3, 0.4) is 0 Å². The Kier molecular flexibility index (Phi) is 8.25. The number of carbonyl (C=O) groups is 1. The Balaban J connectivity index is 1.40. The molecule has 2 fully saturated rings. The van der Waals surface area contributed by atoms with Gasteiger partial charge in [-0.05, 0) is 74.3 Å². The van der Waals surface area contributed by atoms with Gasteiger partial charge in [-0.1, -0.05) is 41.6 Å². The molecule has 2 saturated heterocycles. The van der Waals surface area contributed by atoms with Gasteiger partial charge in [0.15, 0.2) is 0 Å². The molecule has 1 atom stereocenters. The van der Waals surface area contributed by atoms with Gasteiger partial charge in [0.2, 0.25) is 5.91 Å². The number of piperazine rings is 1. The number of nitrogens with zero attached hydrogens (tertiary/aromatic N) is 2. The third-order valence-corrected chi connectivity index (χ3v) is 6.83. The number of rotatable bonds is 4. The molecule has 0 aliphatic carbocycles. The number of amides is 1. The van der Waals surface area contributed by atoms with Gasteiger partial charge in [-0.15, -0.1) is 0 Å². The van der Waals surface area contributed by atoms with E-state index >= 15 is 0 Å². The molecule has 184 valence electrons. The summed E-state index contributed by atoms with van der Waals surface area (Å²) in [7, 11) is 0. The number of carbonyl (C=O) groups excluding carboxylic acids is 1. The predicted octanol–water partition coefficient (Wildman–Crippen LogP) is 3.69. The summed E-state index contributed by atoms with van der Waals surface area (Å²) in [5.41, 5.74) is 1.53. The Morgan fingerprint density at radius 3 is 2.69 bits per heavy atom. The summed E-state index contributed by atoms with van der Waals surface area (Å²) in [6.45, 7) is 6.38. The molecule has 35 heavy (non-hydrogen) atoms. The van der Waals surface area contributed by atoms with Crippen molar-refractivity contribution in [1.29, 1.82) is 0 Å². The molecule has 0 spiro atoms. The number of nitrogens with one attached hydrogen (secondary N) is 1. The zero-order valence-electron chi connectivity index (χ0n) is 19.9. The van der Waals surface area contributed by atoms with E-state index in [4.69, 9.17) is 11.6 Å². The van der Waals surface area contributed by atoms with E-state index in [0.29, 0.717) is 30.0 Å². The standard InChI is InChI=1S/C28H31ClFN3O2/c1-21-19-32(20-22-2-7-26(30)8-3-22)16-17-33(21)27(34)9-5-23-4-6-25(29)18-24(23)10-11-28(35)12-14-31-15-13-28/h2-9,18,21,31,35H,12-17,19-20H2,1H3. The zero-order chi connectivity index (χ0) is 24.8. The molecule has 0 radical (unpaired) electrons. The summed E-state index contributed by atoms with van der Waals surface area (Å²) in [5, 5.41) is 14.5. The first-order chi connectivity index (χ1) is 16.8. The molecule has 0 bridgehead atoms. The normalized spacial score (nSPS) is 20.5. The fourth-order valence-corrected chi connectivity index (χ4v) is 4.71. The van der Waals surface area contributed by atoms with E-state index in [-0.39, 0.29) is 17.8 Å². The number of aliphatic hydroxyl groups is 1. The lowest BCUT2D eigenvalue weighted by Crippen LogP contribution is -2.53. The summed E-state index contributed by atoms with van der Waals surface area (Å²) < 4.78 is 13.2. The fourth-order valence-electron chi connectivity index (χ4n) is 4.54. The Morgan fingerprint density at radius 1 is 1.23 bits per heavy atom. The second-order valence-electron chi connectivity index (χ2n) is 9.34. The smallest absolute Gasteiger partial charge is 0.246 e. The maximum atomic E-state index is 13.2. The van der Waals surface area contributed by atoms with E-state index in [1.54, 1.807) is 36.4 Å². The molecule has 1 amide bonds. The van der Waals surface area contributed by atoms with E-state index in [0.717, 1.165) is 43.9 Å². The second kappa shape index (κ2) is 11.4. The lowest BCUT2D eigenvalue weighted by molar-refractivity contribution is -0.130. The topological polar surface area (TPSA) is 55.8 Å². The van der Waals surface area contributed by atoms with Gasteiger partial charge in [0.05, 0.1) is 0 Å². The summed E-state index contributed by atoms with van der Waals surface area (Å²) in [6.07, 6.45) is 4.51. The van der Waals surface area contributed by atoms with Crippen LogP contribution in [-0.2, 0) is 11.3 Å². The highest BCUT2D eigenvalue weighted by Gasteiger charge is 2.27. The third kappa shape index (κ3) is 6.93. The highest BCUT2D eigenvalue weighted by atomic mass is 35.5. The van der Waals surface area contributed by atoms with Gasteiger partial charge in [0, 0.05) is 48.9 Å². The summed E-state index contributed by atoms with van der Waals surface area (Å²) >= 11 is 6.19. The number of halogens is 2. The quantitative estimate of drug-likeness (QED) is 0.502. The largest absolute Gasteiger partial charge is 0.377 e. The van der Waals surface area contributed by atoms with Crippen molar-refractivity contribution in [3.8, 4) is 11.8 Å². The monoisotopic (exact) mass is 495 g/mol. The Morgan fingerprint density at radius 2 is 1.97 bits per heavy atom. The molecule has 2 aromatic rings. The highest BCUT2D eigenvalue weighted by molar-refractivity contribution is 6.30. The van der Waals surface area contributed by atoms with Crippen molar-refractivity contribution < 1.29 is 14.3 Å². The number of benzene rings is 2.